The van der Waals surface area contributed by atoms with Gasteiger partial charge in [0.15, 0.2) is 0 Å². The fraction of sp³-hybridized carbons (Fsp3) is 0.762. The van der Waals surface area contributed by atoms with Crippen LogP contribution in [0.15, 0.2) is 6.20 Å². The molecule has 4 rings (SSSR count). The minimum Gasteiger partial charge on any atom is -0.376 e. The number of hydrogen-bond acceptors (Lipinski definition) is 5. The summed E-state index contributed by atoms with van der Waals surface area (Å²) < 4.78 is 7.50. The highest BCUT2D eigenvalue weighted by atomic mass is 16.5. The predicted octanol–water partition coefficient (Wildman–Crippen LogP) is 1.55. The van der Waals surface area contributed by atoms with E-state index in [9.17, 15) is 9.59 Å². The lowest BCUT2D eigenvalue weighted by molar-refractivity contribution is -0.141. The first kappa shape index (κ1) is 20.3. The largest absolute Gasteiger partial charge is 0.376 e. The van der Waals surface area contributed by atoms with Gasteiger partial charge in [0.2, 0.25) is 11.8 Å². The molecule has 0 aromatic carbocycles. The number of hydrogen-bond donors (Lipinski definition) is 1. The zero-order chi connectivity index (χ0) is 20.4. The minimum absolute atomic E-state index is 0.0101. The Bertz CT molecular complexity index is 747. The molecule has 3 aliphatic heterocycles. The Hall–Kier alpha value is -1.93. The van der Waals surface area contributed by atoms with Gasteiger partial charge in [-0.15, -0.1) is 0 Å². The number of aryl methyl sites for hydroxylation is 1. The van der Waals surface area contributed by atoms with Crippen LogP contribution < -0.4 is 5.32 Å². The molecule has 0 radical (unpaired) electrons. The number of rotatable bonds is 5. The van der Waals surface area contributed by atoms with Crippen molar-refractivity contribution >= 4 is 17.5 Å². The lowest BCUT2D eigenvalue weighted by Crippen LogP contribution is -2.53. The smallest absolute Gasteiger partial charge is 0.238 e. The molecule has 0 saturated carbocycles. The van der Waals surface area contributed by atoms with E-state index in [0.717, 1.165) is 76.3 Å². The average molecular weight is 404 g/mol. The van der Waals surface area contributed by atoms with E-state index in [-0.39, 0.29) is 23.3 Å². The van der Waals surface area contributed by atoms with Gasteiger partial charge >= 0.3 is 0 Å². The number of ether oxygens (including phenoxy) is 1. The third-order valence-corrected chi connectivity index (χ3v) is 6.99. The molecule has 8 nitrogen and oxygen atoms in total. The second-order valence-corrected chi connectivity index (χ2v) is 9.00. The number of amides is 2. The van der Waals surface area contributed by atoms with E-state index in [0.29, 0.717) is 13.0 Å². The van der Waals surface area contributed by atoms with Crippen LogP contribution in [0.2, 0.25) is 0 Å². The zero-order valence-electron chi connectivity index (χ0n) is 17.7. The minimum atomic E-state index is 0.0101. The first-order valence-electron chi connectivity index (χ1n) is 10.8. The van der Waals surface area contributed by atoms with Gasteiger partial charge in [-0.05, 0) is 57.5 Å². The van der Waals surface area contributed by atoms with Crippen molar-refractivity contribution in [1.29, 1.82) is 0 Å². The van der Waals surface area contributed by atoms with Crippen molar-refractivity contribution in [3.05, 3.63) is 11.9 Å². The molecule has 0 aliphatic carbocycles. The summed E-state index contributed by atoms with van der Waals surface area (Å²) in [6.45, 7) is 6.58. The molecule has 4 heterocycles. The molecule has 1 aromatic rings. The SMILES string of the molecule is Cc1c(NC(=O)CN2CCC3(CCC(=O)N(C[C@H]4CCCO4)C3)CC2)cnn1C. The fourth-order valence-corrected chi connectivity index (χ4v) is 4.91. The van der Waals surface area contributed by atoms with E-state index in [4.69, 9.17) is 4.74 Å². The molecule has 2 amide bonds. The number of likely N-dealkylation sites (tertiary alicyclic amines) is 2. The molecular formula is C21H33N5O3. The lowest BCUT2D eigenvalue weighted by atomic mass is 9.72. The Morgan fingerprint density at radius 2 is 2.14 bits per heavy atom. The summed E-state index contributed by atoms with van der Waals surface area (Å²) in [5.74, 6) is 0.288. The first-order chi connectivity index (χ1) is 13.9. The molecule has 1 atom stereocenters. The van der Waals surface area contributed by atoms with Gasteiger partial charge in [0.05, 0.1) is 30.2 Å². The average Bonchev–Trinajstić information content (AvgIpc) is 3.32. The predicted molar refractivity (Wildman–Crippen MR) is 109 cm³/mol. The van der Waals surface area contributed by atoms with Crippen molar-refractivity contribution in [3.63, 3.8) is 0 Å². The number of nitrogens with one attached hydrogen (secondary N) is 1. The summed E-state index contributed by atoms with van der Waals surface area (Å²) >= 11 is 0. The van der Waals surface area contributed by atoms with E-state index in [1.54, 1.807) is 10.9 Å². The first-order valence-corrected chi connectivity index (χ1v) is 10.8. The second-order valence-electron chi connectivity index (χ2n) is 9.00. The molecule has 1 aromatic heterocycles. The van der Waals surface area contributed by atoms with Gasteiger partial charge in [0.1, 0.15) is 0 Å². The molecule has 3 fully saturated rings. The Morgan fingerprint density at radius 1 is 1.34 bits per heavy atom. The van der Waals surface area contributed by atoms with Gasteiger partial charge in [-0.25, -0.2) is 0 Å². The number of piperidine rings is 2. The number of anilines is 1. The molecule has 8 heteroatoms. The summed E-state index contributed by atoms with van der Waals surface area (Å²) in [5.41, 5.74) is 1.94. The van der Waals surface area contributed by atoms with E-state index < -0.39 is 0 Å². The van der Waals surface area contributed by atoms with Crippen LogP contribution in [0.5, 0.6) is 0 Å². The summed E-state index contributed by atoms with van der Waals surface area (Å²) in [5, 5.41) is 7.14. The topological polar surface area (TPSA) is 79.7 Å². The van der Waals surface area contributed by atoms with Crippen molar-refractivity contribution in [2.45, 2.75) is 51.6 Å². The summed E-state index contributed by atoms with van der Waals surface area (Å²) in [6, 6.07) is 0. The molecule has 160 valence electrons. The summed E-state index contributed by atoms with van der Waals surface area (Å²) in [7, 11) is 1.87. The third-order valence-electron chi connectivity index (χ3n) is 6.99. The number of carbonyl (C=O) groups excluding carboxylic acids is 2. The van der Waals surface area contributed by atoms with Crippen molar-refractivity contribution in [2.24, 2.45) is 12.5 Å². The normalized spacial score (nSPS) is 25.0. The van der Waals surface area contributed by atoms with Crippen LogP contribution in [0.4, 0.5) is 5.69 Å². The monoisotopic (exact) mass is 403 g/mol. The number of aromatic nitrogens is 2. The Labute approximate surface area is 172 Å². The lowest BCUT2D eigenvalue weighted by Gasteiger charge is -2.47. The third kappa shape index (κ3) is 4.64. The van der Waals surface area contributed by atoms with E-state index >= 15 is 0 Å². The van der Waals surface area contributed by atoms with Gasteiger partial charge in [0.25, 0.3) is 0 Å². The molecular weight excluding hydrogens is 370 g/mol. The van der Waals surface area contributed by atoms with E-state index in [1.165, 1.54) is 0 Å². The number of nitrogens with zero attached hydrogens (tertiary/aromatic N) is 4. The van der Waals surface area contributed by atoms with Gasteiger partial charge in [0, 0.05) is 33.2 Å². The van der Waals surface area contributed by atoms with Crippen LogP contribution in [0.3, 0.4) is 0 Å². The van der Waals surface area contributed by atoms with Crippen molar-refractivity contribution in [2.75, 3.05) is 44.6 Å². The van der Waals surface area contributed by atoms with Crippen LogP contribution in [-0.2, 0) is 21.4 Å². The second kappa shape index (κ2) is 8.44. The maximum Gasteiger partial charge on any atom is 0.238 e. The fourth-order valence-electron chi connectivity index (χ4n) is 4.91. The van der Waals surface area contributed by atoms with Crippen LogP contribution in [0.1, 0.15) is 44.2 Å². The highest BCUT2D eigenvalue weighted by molar-refractivity contribution is 5.92. The van der Waals surface area contributed by atoms with Gasteiger partial charge < -0.3 is 15.0 Å². The Kier molecular flexibility index (Phi) is 5.92. The van der Waals surface area contributed by atoms with E-state index in [2.05, 4.69) is 15.3 Å². The van der Waals surface area contributed by atoms with Crippen LogP contribution >= 0.6 is 0 Å². The van der Waals surface area contributed by atoms with E-state index in [1.807, 2.05) is 18.9 Å². The highest BCUT2D eigenvalue weighted by Gasteiger charge is 2.41. The van der Waals surface area contributed by atoms with Crippen LogP contribution in [-0.4, -0.2) is 76.8 Å². The molecule has 1 N–H and O–H groups in total. The summed E-state index contributed by atoms with van der Waals surface area (Å²) in [6.07, 6.45) is 7.79. The molecule has 3 aliphatic rings. The zero-order valence-corrected chi connectivity index (χ0v) is 17.7. The standard InChI is InChI=1S/C21H33N5O3/c1-16-18(12-22-24(16)2)23-19(27)14-25-9-7-21(8-10-25)6-5-20(28)26(15-21)13-17-4-3-11-29-17/h12,17H,3-11,13-15H2,1-2H3,(H,23,27)/t17-/m1/s1. The van der Waals surface area contributed by atoms with Crippen molar-refractivity contribution in [1.82, 2.24) is 19.6 Å². The van der Waals surface area contributed by atoms with Gasteiger partial charge in [-0.2, -0.15) is 5.10 Å². The quantitative estimate of drug-likeness (QED) is 0.807. The maximum atomic E-state index is 12.4. The van der Waals surface area contributed by atoms with Crippen molar-refractivity contribution in [3.8, 4) is 0 Å². The summed E-state index contributed by atoms with van der Waals surface area (Å²) in [4.78, 5) is 29.1. The molecule has 0 unspecified atom stereocenters. The maximum absolute atomic E-state index is 12.4. The number of carbonyl (C=O) groups is 2. The van der Waals surface area contributed by atoms with Crippen LogP contribution in [0.25, 0.3) is 0 Å². The molecule has 1 spiro atoms. The van der Waals surface area contributed by atoms with Gasteiger partial charge in [-0.3, -0.25) is 19.2 Å². The van der Waals surface area contributed by atoms with Crippen LogP contribution in [0, 0.1) is 12.3 Å². The van der Waals surface area contributed by atoms with Crippen molar-refractivity contribution < 1.29 is 14.3 Å². The Morgan fingerprint density at radius 3 is 2.79 bits per heavy atom. The Balaban J connectivity index is 1.27. The molecule has 0 bridgehead atoms. The highest BCUT2D eigenvalue weighted by Crippen LogP contribution is 2.40. The van der Waals surface area contributed by atoms with Gasteiger partial charge in [-0.1, -0.05) is 0 Å². The molecule has 3 saturated heterocycles. The molecule has 29 heavy (non-hydrogen) atoms.